The number of aromatic nitrogens is 2. The van der Waals surface area contributed by atoms with Crippen LogP contribution in [0.1, 0.15) is 23.8 Å². The molecule has 2 N–H and O–H groups in total. The third kappa shape index (κ3) is 3.77. The van der Waals surface area contributed by atoms with Crippen molar-refractivity contribution in [3.63, 3.8) is 0 Å². The van der Waals surface area contributed by atoms with E-state index in [-0.39, 0.29) is 19.6 Å². The molecule has 150 valence electrons. The number of aliphatic hydroxyl groups is 1. The molecule has 28 heavy (non-hydrogen) atoms. The number of carbonyl (C=O) groups excluding carboxylic acids is 1. The molecule has 1 aliphatic heterocycles. The zero-order chi connectivity index (χ0) is 20.3. The van der Waals surface area contributed by atoms with Crippen LogP contribution in [0.3, 0.4) is 0 Å². The van der Waals surface area contributed by atoms with Crippen molar-refractivity contribution in [2.45, 2.75) is 37.9 Å². The number of aryl methyl sites for hydroxylation is 1. The van der Waals surface area contributed by atoms with Gasteiger partial charge in [-0.25, -0.2) is 9.59 Å². The molecule has 0 spiro atoms. The minimum Gasteiger partial charge on any atom is -0.467 e. The lowest BCUT2D eigenvalue weighted by molar-refractivity contribution is -0.192. The first-order valence-electron chi connectivity index (χ1n) is 8.75. The van der Waals surface area contributed by atoms with Crippen molar-refractivity contribution in [2.75, 3.05) is 13.7 Å². The number of aromatic amines is 1. The predicted molar refractivity (Wildman–Crippen MR) is 97.7 cm³/mol. The highest BCUT2D eigenvalue weighted by molar-refractivity contribution is 5.81. The van der Waals surface area contributed by atoms with Gasteiger partial charge in [0.15, 0.2) is 0 Å². The summed E-state index contributed by atoms with van der Waals surface area (Å²) < 4.78 is 17.4. The highest BCUT2D eigenvalue weighted by atomic mass is 16.6. The van der Waals surface area contributed by atoms with E-state index in [1.165, 1.54) is 20.2 Å². The van der Waals surface area contributed by atoms with Gasteiger partial charge in [-0.1, -0.05) is 30.3 Å². The Balaban J connectivity index is 1.83. The van der Waals surface area contributed by atoms with Crippen LogP contribution in [0.15, 0.2) is 46.1 Å². The number of rotatable bonds is 6. The van der Waals surface area contributed by atoms with Crippen molar-refractivity contribution >= 4 is 5.97 Å². The van der Waals surface area contributed by atoms with E-state index in [4.69, 9.17) is 14.2 Å². The van der Waals surface area contributed by atoms with Gasteiger partial charge >= 0.3 is 11.7 Å². The monoisotopic (exact) mass is 390 g/mol. The average Bonchev–Trinajstić information content (AvgIpc) is 3.02. The van der Waals surface area contributed by atoms with E-state index in [0.717, 1.165) is 10.1 Å². The fraction of sp³-hybridized carbons (Fsp3) is 0.421. The maximum Gasteiger partial charge on any atom is 0.343 e. The molecule has 3 rings (SSSR count). The van der Waals surface area contributed by atoms with E-state index in [2.05, 4.69) is 4.98 Å². The summed E-state index contributed by atoms with van der Waals surface area (Å²) in [6, 6.07) is 9.31. The van der Waals surface area contributed by atoms with Gasteiger partial charge in [0.1, 0.15) is 12.3 Å². The SMILES string of the molecule is COC(=O)C1(COCc2ccccc2)OC(n2cc(C)c(=O)[nH]c2=O)CC1O. The molecule has 9 heteroatoms. The molecule has 2 heterocycles. The molecule has 1 aromatic carbocycles. The second kappa shape index (κ2) is 8.09. The largest absolute Gasteiger partial charge is 0.467 e. The summed E-state index contributed by atoms with van der Waals surface area (Å²) >= 11 is 0. The van der Waals surface area contributed by atoms with Crippen LogP contribution < -0.4 is 11.2 Å². The Morgan fingerprint density at radius 2 is 2.07 bits per heavy atom. The summed E-state index contributed by atoms with van der Waals surface area (Å²) in [6.45, 7) is 1.48. The molecule has 1 saturated heterocycles. The second-order valence-corrected chi connectivity index (χ2v) is 6.66. The first kappa shape index (κ1) is 20.0. The van der Waals surface area contributed by atoms with E-state index < -0.39 is 35.2 Å². The number of nitrogens with one attached hydrogen (secondary N) is 1. The molecule has 1 fully saturated rings. The van der Waals surface area contributed by atoms with Gasteiger partial charge in [-0.15, -0.1) is 0 Å². The maximum atomic E-state index is 12.4. The molecular formula is C19H22N2O7. The summed E-state index contributed by atoms with van der Waals surface area (Å²) in [7, 11) is 1.18. The molecule has 3 unspecified atom stereocenters. The van der Waals surface area contributed by atoms with Crippen LogP contribution in [0.5, 0.6) is 0 Å². The van der Waals surface area contributed by atoms with Crippen LogP contribution in [-0.2, 0) is 25.6 Å². The molecule has 0 bridgehead atoms. The average molecular weight is 390 g/mol. The third-order valence-electron chi connectivity index (χ3n) is 4.72. The molecule has 0 radical (unpaired) electrons. The Hall–Kier alpha value is -2.75. The number of hydrogen-bond donors (Lipinski definition) is 2. The van der Waals surface area contributed by atoms with Crippen LogP contribution in [0.2, 0.25) is 0 Å². The molecule has 1 aliphatic rings. The Labute approximate surface area is 160 Å². The Morgan fingerprint density at radius 1 is 1.36 bits per heavy atom. The smallest absolute Gasteiger partial charge is 0.343 e. The Bertz CT molecular complexity index is 953. The molecule has 9 nitrogen and oxygen atoms in total. The third-order valence-corrected chi connectivity index (χ3v) is 4.72. The van der Waals surface area contributed by atoms with Crippen molar-refractivity contribution in [3.05, 3.63) is 68.5 Å². The molecule has 0 saturated carbocycles. The van der Waals surface area contributed by atoms with Crippen molar-refractivity contribution in [1.82, 2.24) is 9.55 Å². The van der Waals surface area contributed by atoms with E-state index in [0.29, 0.717) is 5.56 Å². The standard InChI is InChI=1S/C19H22N2O7/c1-12-9-21(18(25)20-16(12)23)15-8-14(22)19(28-15,17(24)26-2)11-27-10-13-6-4-3-5-7-13/h3-7,9,14-15,22H,8,10-11H2,1-2H3,(H,20,23,25). The minimum absolute atomic E-state index is 0.0464. The molecule has 0 aliphatic carbocycles. The van der Waals surface area contributed by atoms with Crippen LogP contribution in [0.25, 0.3) is 0 Å². The summed E-state index contributed by atoms with van der Waals surface area (Å²) in [4.78, 5) is 38.3. The quantitative estimate of drug-likeness (QED) is 0.679. The fourth-order valence-corrected chi connectivity index (χ4v) is 3.16. The Morgan fingerprint density at radius 3 is 2.75 bits per heavy atom. The zero-order valence-corrected chi connectivity index (χ0v) is 15.6. The Kier molecular flexibility index (Phi) is 5.78. The van der Waals surface area contributed by atoms with E-state index in [1.54, 1.807) is 0 Å². The number of H-pyrrole nitrogens is 1. The number of carbonyl (C=O) groups is 1. The van der Waals surface area contributed by atoms with Crippen molar-refractivity contribution in [3.8, 4) is 0 Å². The van der Waals surface area contributed by atoms with Gasteiger partial charge in [0.2, 0.25) is 5.60 Å². The van der Waals surface area contributed by atoms with Gasteiger partial charge in [-0.2, -0.15) is 0 Å². The van der Waals surface area contributed by atoms with Crippen molar-refractivity contribution in [1.29, 1.82) is 0 Å². The fourth-order valence-electron chi connectivity index (χ4n) is 3.16. The molecule has 3 atom stereocenters. The zero-order valence-electron chi connectivity index (χ0n) is 15.6. The predicted octanol–water partition coefficient (Wildman–Crippen LogP) is 0.253. The van der Waals surface area contributed by atoms with E-state index >= 15 is 0 Å². The highest BCUT2D eigenvalue weighted by Crippen LogP contribution is 2.37. The number of hydrogen-bond acceptors (Lipinski definition) is 7. The summed E-state index contributed by atoms with van der Waals surface area (Å²) in [5.41, 5.74) is -1.80. The van der Waals surface area contributed by atoms with E-state index in [9.17, 15) is 19.5 Å². The summed E-state index contributed by atoms with van der Waals surface area (Å²) in [5, 5.41) is 10.6. The lowest BCUT2D eigenvalue weighted by atomic mass is 9.98. The van der Waals surface area contributed by atoms with Crippen molar-refractivity contribution < 1.29 is 24.1 Å². The molecule has 2 aromatic rings. The highest BCUT2D eigenvalue weighted by Gasteiger charge is 2.56. The number of ether oxygens (including phenoxy) is 3. The van der Waals surface area contributed by atoms with Crippen molar-refractivity contribution in [2.24, 2.45) is 0 Å². The number of aliphatic hydroxyl groups excluding tert-OH is 1. The number of methoxy groups -OCH3 is 1. The normalized spacial score (nSPS) is 24.2. The van der Waals surface area contributed by atoms with Gasteiger partial charge in [-0.05, 0) is 12.5 Å². The molecule has 1 aromatic heterocycles. The van der Waals surface area contributed by atoms with Crippen LogP contribution in [0.4, 0.5) is 0 Å². The lowest BCUT2D eigenvalue weighted by Crippen LogP contribution is -2.52. The lowest BCUT2D eigenvalue weighted by Gasteiger charge is -2.29. The first-order valence-corrected chi connectivity index (χ1v) is 8.75. The van der Waals surface area contributed by atoms with Crippen LogP contribution in [-0.4, -0.2) is 46.0 Å². The second-order valence-electron chi connectivity index (χ2n) is 6.66. The molecule has 0 amide bonds. The van der Waals surface area contributed by atoms with Gasteiger partial charge in [0, 0.05) is 18.2 Å². The number of nitrogens with zero attached hydrogens (tertiary/aromatic N) is 1. The summed E-state index contributed by atoms with van der Waals surface area (Å²) in [6.07, 6.45) is -0.941. The number of benzene rings is 1. The molecular weight excluding hydrogens is 368 g/mol. The van der Waals surface area contributed by atoms with Gasteiger partial charge in [0.05, 0.1) is 20.3 Å². The topological polar surface area (TPSA) is 120 Å². The van der Waals surface area contributed by atoms with Gasteiger partial charge < -0.3 is 19.3 Å². The summed E-state index contributed by atoms with van der Waals surface area (Å²) in [5.74, 6) is -0.801. The van der Waals surface area contributed by atoms with Crippen LogP contribution in [0, 0.1) is 6.92 Å². The van der Waals surface area contributed by atoms with Crippen LogP contribution >= 0.6 is 0 Å². The van der Waals surface area contributed by atoms with E-state index in [1.807, 2.05) is 30.3 Å². The van der Waals surface area contributed by atoms with Gasteiger partial charge in [-0.3, -0.25) is 14.3 Å². The van der Waals surface area contributed by atoms with Gasteiger partial charge in [0.25, 0.3) is 5.56 Å². The number of esters is 1. The maximum absolute atomic E-state index is 12.4. The minimum atomic E-state index is -1.78. The first-order chi connectivity index (χ1) is 13.4.